The molecule has 0 fully saturated rings. The van der Waals surface area contributed by atoms with Crippen molar-refractivity contribution >= 4 is 11.9 Å². The Bertz CT molecular complexity index is 352. The van der Waals surface area contributed by atoms with Gasteiger partial charge in [0.05, 0.1) is 6.54 Å². The van der Waals surface area contributed by atoms with Gasteiger partial charge in [-0.15, -0.1) is 20.4 Å². The van der Waals surface area contributed by atoms with Crippen LogP contribution in [0.2, 0.25) is 0 Å². The Morgan fingerprint density at radius 2 is 1.94 bits per heavy atom. The molecule has 1 N–H and O–H groups in total. The monoisotopic (exact) mass is 227 g/mol. The van der Waals surface area contributed by atoms with Crippen molar-refractivity contribution in [3.8, 4) is 0 Å². The van der Waals surface area contributed by atoms with Crippen LogP contribution in [-0.2, 0) is 0 Å². The van der Waals surface area contributed by atoms with Crippen molar-refractivity contribution in [3.05, 3.63) is 10.1 Å². The van der Waals surface area contributed by atoms with Crippen LogP contribution in [0.1, 0.15) is 13.8 Å². The van der Waals surface area contributed by atoms with Crippen LogP contribution in [0.15, 0.2) is 0 Å². The van der Waals surface area contributed by atoms with Gasteiger partial charge in [0.1, 0.15) is 0 Å². The van der Waals surface area contributed by atoms with Gasteiger partial charge in [0.15, 0.2) is 5.03 Å². The molecule has 88 valence electrons. The van der Waals surface area contributed by atoms with Crippen molar-refractivity contribution in [1.29, 1.82) is 0 Å². The van der Waals surface area contributed by atoms with Gasteiger partial charge in [0, 0.05) is 7.05 Å². The van der Waals surface area contributed by atoms with Crippen LogP contribution in [0, 0.1) is 16.0 Å². The summed E-state index contributed by atoms with van der Waals surface area (Å²) in [7, 11) is 1.61. The summed E-state index contributed by atoms with van der Waals surface area (Å²) in [5.74, 6) is 0.215. The topological polar surface area (TPSA) is 110 Å². The summed E-state index contributed by atoms with van der Waals surface area (Å²) < 4.78 is 0. The second kappa shape index (κ2) is 5.14. The standard InChI is InChI=1S/C7H13N7O2/c1-5(2)4-13(14(15)16)7-11-9-6(8-3)10-12-7/h5H,4H2,1-3H3,(H,8,9,10). The van der Waals surface area contributed by atoms with Gasteiger partial charge in [-0.25, -0.2) is 10.1 Å². The predicted octanol–water partition coefficient (Wildman–Crippen LogP) is -0.0376. The van der Waals surface area contributed by atoms with E-state index in [1.165, 1.54) is 0 Å². The number of nitrogens with zero attached hydrogens (tertiary/aromatic N) is 6. The average molecular weight is 227 g/mol. The van der Waals surface area contributed by atoms with E-state index in [0.717, 1.165) is 5.01 Å². The van der Waals surface area contributed by atoms with Crippen molar-refractivity contribution in [2.24, 2.45) is 5.92 Å². The maximum atomic E-state index is 10.8. The Morgan fingerprint density at radius 3 is 2.31 bits per heavy atom. The molecule has 0 aliphatic rings. The molecule has 9 nitrogen and oxygen atoms in total. The zero-order chi connectivity index (χ0) is 12.1. The summed E-state index contributed by atoms with van der Waals surface area (Å²) in [6, 6.07) is 0. The van der Waals surface area contributed by atoms with Crippen molar-refractivity contribution in [1.82, 2.24) is 20.4 Å². The van der Waals surface area contributed by atoms with Gasteiger partial charge in [-0.05, 0) is 5.92 Å². The molecule has 0 saturated heterocycles. The van der Waals surface area contributed by atoms with Gasteiger partial charge in [-0.2, -0.15) is 0 Å². The smallest absolute Gasteiger partial charge is 0.325 e. The second-order valence-corrected chi connectivity index (χ2v) is 3.49. The van der Waals surface area contributed by atoms with E-state index >= 15 is 0 Å². The molecular formula is C7H13N7O2. The molecule has 0 amide bonds. The van der Waals surface area contributed by atoms with Gasteiger partial charge in [-0.1, -0.05) is 18.9 Å². The number of aromatic nitrogens is 4. The lowest BCUT2D eigenvalue weighted by Crippen LogP contribution is -2.35. The number of hydrogen-bond donors (Lipinski definition) is 1. The Hall–Kier alpha value is -2.06. The first-order valence-corrected chi connectivity index (χ1v) is 4.71. The lowest BCUT2D eigenvalue weighted by atomic mass is 10.2. The number of hydrazine groups is 1. The molecule has 0 bridgehead atoms. The number of nitro groups is 1. The summed E-state index contributed by atoms with van der Waals surface area (Å²) in [4.78, 5) is 10.8. The third kappa shape index (κ3) is 2.97. The predicted molar refractivity (Wildman–Crippen MR) is 56.3 cm³/mol. The molecule has 0 aliphatic carbocycles. The van der Waals surface area contributed by atoms with Gasteiger partial charge in [0.25, 0.3) is 5.95 Å². The lowest BCUT2D eigenvalue weighted by Gasteiger charge is -2.12. The molecule has 1 aromatic rings. The highest BCUT2D eigenvalue weighted by atomic mass is 16.7. The Labute approximate surface area is 92.0 Å². The largest absolute Gasteiger partial charge is 0.355 e. The Kier molecular flexibility index (Phi) is 3.86. The molecule has 9 heteroatoms. The van der Waals surface area contributed by atoms with E-state index in [4.69, 9.17) is 0 Å². The van der Waals surface area contributed by atoms with Crippen LogP contribution < -0.4 is 10.3 Å². The SMILES string of the molecule is CNc1nnc(N(CC(C)C)[N+](=O)[O-])nn1. The fourth-order valence-electron chi connectivity index (χ4n) is 0.995. The van der Waals surface area contributed by atoms with Crippen LogP contribution in [-0.4, -0.2) is 39.0 Å². The van der Waals surface area contributed by atoms with Gasteiger partial charge in [0.2, 0.25) is 0 Å². The molecular weight excluding hydrogens is 214 g/mol. The first-order valence-electron chi connectivity index (χ1n) is 4.71. The minimum absolute atomic E-state index is 0.109. The van der Waals surface area contributed by atoms with Crippen LogP contribution >= 0.6 is 0 Å². The van der Waals surface area contributed by atoms with Crippen LogP contribution in [0.3, 0.4) is 0 Å². The number of anilines is 2. The lowest BCUT2D eigenvalue weighted by molar-refractivity contribution is -0.496. The van der Waals surface area contributed by atoms with Crippen molar-refractivity contribution < 1.29 is 5.03 Å². The van der Waals surface area contributed by atoms with E-state index in [0.29, 0.717) is 0 Å². The Balaban J connectivity index is 2.88. The molecule has 0 unspecified atom stereocenters. The molecule has 16 heavy (non-hydrogen) atoms. The summed E-state index contributed by atoms with van der Waals surface area (Å²) in [5.41, 5.74) is 0. The van der Waals surface area contributed by atoms with Crippen LogP contribution in [0.4, 0.5) is 11.9 Å². The average Bonchev–Trinajstić information content (AvgIpc) is 2.25. The fourth-order valence-corrected chi connectivity index (χ4v) is 0.995. The maximum Gasteiger partial charge on any atom is 0.325 e. The highest BCUT2D eigenvalue weighted by Crippen LogP contribution is 2.07. The minimum Gasteiger partial charge on any atom is -0.355 e. The van der Waals surface area contributed by atoms with E-state index in [9.17, 15) is 10.1 Å². The zero-order valence-corrected chi connectivity index (χ0v) is 9.28. The van der Waals surface area contributed by atoms with Gasteiger partial charge >= 0.3 is 5.95 Å². The first-order chi connectivity index (χ1) is 7.54. The summed E-state index contributed by atoms with van der Waals surface area (Å²) in [6.07, 6.45) is 0. The molecule has 0 spiro atoms. The number of rotatable bonds is 5. The van der Waals surface area contributed by atoms with Crippen LogP contribution in [0.25, 0.3) is 0 Å². The molecule has 0 atom stereocenters. The molecule has 0 radical (unpaired) electrons. The quantitative estimate of drug-likeness (QED) is 0.551. The first kappa shape index (κ1) is 12.0. The minimum atomic E-state index is -0.572. The summed E-state index contributed by atoms with van der Waals surface area (Å²) in [6.45, 7) is 3.92. The van der Waals surface area contributed by atoms with Crippen LogP contribution in [0.5, 0.6) is 0 Å². The molecule has 1 aromatic heterocycles. The van der Waals surface area contributed by atoms with Gasteiger partial charge < -0.3 is 5.32 Å². The number of hydrogen-bond acceptors (Lipinski definition) is 7. The Morgan fingerprint density at radius 1 is 1.38 bits per heavy atom. The highest BCUT2D eigenvalue weighted by Gasteiger charge is 2.22. The summed E-state index contributed by atoms with van der Waals surface area (Å²) >= 11 is 0. The van der Waals surface area contributed by atoms with Crippen molar-refractivity contribution in [2.45, 2.75) is 13.8 Å². The molecule has 1 heterocycles. The molecule has 0 aliphatic heterocycles. The van der Waals surface area contributed by atoms with E-state index < -0.39 is 5.03 Å². The maximum absolute atomic E-state index is 10.8. The van der Waals surface area contributed by atoms with Crippen molar-refractivity contribution in [3.63, 3.8) is 0 Å². The van der Waals surface area contributed by atoms with Crippen molar-refractivity contribution in [2.75, 3.05) is 23.9 Å². The third-order valence-corrected chi connectivity index (χ3v) is 1.66. The fraction of sp³-hybridized carbons (Fsp3) is 0.714. The number of nitrogens with one attached hydrogen (secondary N) is 1. The van der Waals surface area contributed by atoms with E-state index in [1.54, 1.807) is 7.05 Å². The van der Waals surface area contributed by atoms with E-state index in [-0.39, 0.29) is 24.4 Å². The normalized spacial score (nSPS) is 10.2. The molecule has 0 saturated carbocycles. The van der Waals surface area contributed by atoms with E-state index in [1.807, 2.05) is 13.8 Å². The zero-order valence-electron chi connectivity index (χ0n) is 9.28. The molecule has 0 aromatic carbocycles. The highest BCUT2D eigenvalue weighted by molar-refractivity contribution is 5.25. The van der Waals surface area contributed by atoms with Gasteiger partial charge in [-0.3, -0.25) is 0 Å². The second-order valence-electron chi connectivity index (χ2n) is 3.49. The molecule has 1 rings (SSSR count). The summed E-state index contributed by atoms with van der Waals surface area (Å²) in [5, 5.41) is 28.1. The third-order valence-electron chi connectivity index (χ3n) is 1.66. The van der Waals surface area contributed by atoms with E-state index in [2.05, 4.69) is 25.7 Å².